The summed E-state index contributed by atoms with van der Waals surface area (Å²) in [6, 6.07) is 37.7. The smallest absolute Gasteiger partial charge is 0.0500 e. The molecule has 0 amide bonds. The van der Waals surface area contributed by atoms with Crippen LogP contribution in [-0.4, -0.2) is 0 Å². The van der Waals surface area contributed by atoms with E-state index in [1.807, 2.05) is 0 Å². The third-order valence-electron chi connectivity index (χ3n) is 5.27. The zero-order valence-corrected chi connectivity index (χ0v) is 18.8. The third kappa shape index (κ3) is 3.46. The van der Waals surface area contributed by atoms with Gasteiger partial charge in [-0.25, -0.2) is 0 Å². The topological polar surface area (TPSA) is 0 Å². The van der Waals surface area contributed by atoms with Gasteiger partial charge in [-0.3, -0.25) is 0 Å². The number of benzene rings is 4. The van der Waals surface area contributed by atoms with Crippen LogP contribution >= 0.6 is 27.0 Å². The molecule has 0 nitrogen and oxygen atoms in total. The van der Waals surface area contributed by atoms with Gasteiger partial charge in [0.05, 0.1) is 0 Å². The Morgan fingerprint density at radius 1 is 0.679 bits per heavy atom. The molecule has 1 aliphatic rings. The monoisotopic (exact) mass is 436 g/mol. The zero-order chi connectivity index (χ0) is 18.9. The molecular weight excluding hydrogens is 415 g/mol. The quantitative estimate of drug-likeness (QED) is 0.256. The molecule has 0 saturated carbocycles. The van der Waals surface area contributed by atoms with Crippen LogP contribution in [-0.2, 0) is 11.8 Å². The Kier molecular flexibility index (Phi) is 5.34. The molecule has 2 unspecified atom stereocenters. The molecule has 4 aromatic carbocycles. The molecule has 1 fully saturated rings. The molecule has 28 heavy (non-hydrogen) atoms. The highest BCUT2D eigenvalue weighted by atomic mass is 33.2. The fourth-order valence-electron chi connectivity index (χ4n) is 3.94. The van der Waals surface area contributed by atoms with Gasteiger partial charge in [-0.1, -0.05) is 103 Å². The van der Waals surface area contributed by atoms with Crippen molar-refractivity contribution in [2.45, 2.75) is 15.4 Å². The lowest BCUT2D eigenvalue weighted by Gasteiger charge is -2.28. The van der Waals surface area contributed by atoms with Crippen molar-refractivity contribution in [3.05, 3.63) is 114 Å². The first kappa shape index (κ1) is 18.5. The molecule has 5 rings (SSSR count). The van der Waals surface area contributed by atoms with Crippen molar-refractivity contribution in [2.75, 3.05) is 0 Å². The SMILES string of the molecule is S=[PH]1S[C@@H](c2ccccc2)[C@@H](c2ccccc2)[SH]1c1ccc2ccccc2c1. The van der Waals surface area contributed by atoms with E-state index in [1.165, 1.54) is 26.8 Å². The first-order chi connectivity index (χ1) is 13.8. The summed E-state index contributed by atoms with van der Waals surface area (Å²) >= 11 is 8.25. The van der Waals surface area contributed by atoms with E-state index >= 15 is 0 Å². The van der Waals surface area contributed by atoms with Crippen LogP contribution in [0.1, 0.15) is 21.6 Å². The summed E-state index contributed by atoms with van der Waals surface area (Å²) in [7, 11) is -0.398. The van der Waals surface area contributed by atoms with Crippen LogP contribution < -0.4 is 0 Å². The summed E-state index contributed by atoms with van der Waals surface area (Å²) in [4.78, 5) is 1.47. The second-order valence-corrected chi connectivity index (χ2v) is 18.6. The Balaban J connectivity index is 1.65. The summed E-state index contributed by atoms with van der Waals surface area (Å²) in [6.45, 7) is 0. The van der Waals surface area contributed by atoms with E-state index in [0.29, 0.717) is 10.5 Å². The lowest BCUT2D eigenvalue weighted by atomic mass is 10.0. The first-order valence-corrected chi connectivity index (χ1v) is 15.9. The van der Waals surface area contributed by atoms with Crippen LogP contribution in [0.15, 0.2) is 108 Å². The molecule has 0 N–H and O–H groups in total. The molecule has 140 valence electrons. The average Bonchev–Trinajstić information content (AvgIpc) is 3.12. The number of hydrogen-bond donors (Lipinski definition) is 1. The van der Waals surface area contributed by atoms with Crippen molar-refractivity contribution in [1.29, 1.82) is 0 Å². The van der Waals surface area contributed by atoms with E-state index in [2.05, 4.69) is 115 Å². The predicted molar refractivity (Wildman–Crippen MR) is 133 cm³/mol. The van der Waals surface area contributed by atoms with Crippen molar-refractivity contribution >= 4 is 49.6 Å². The third-order valence-corrected chi connectivity index (χ3v) is 18.4. The van der Waals surface area contributed by atoms with E-state index in [-0.39, 0.29) is 0 Å². The molecule has 0 bridgehead atoms. The molecule has 4 heteroatoms. The van der Waals surface area contributed by atoms with Gasteiger partial charge in [0.25, 0.3) is 0 Å². The molecule has 1 heterocycles. The van der Waals surface area contributed by atoms with Crippen molar-refractivity contribution in [3.8, 4) is 0 Å². The van der Waals surface area contributed by atoms with Crippen molar-refractivity contribution in [1.82, 2.24) is 0 Å². The van der Waals surface area contributed by atoms with Crippen LogP contribution in [0.2, 0.25) is 0 Å². The standard InChI is InChI=1S/C24H21PS3/c26-25-27-23(19-10-3-1-4-11-19)24(20-12-5-2-6-13-20)28(25)22-16-15-18-9-7-8-14-21(18)17-22/h1-17,23-25,28H/t23-,24+/m0/s1. The Labute approximate surface area is 178 Å². The molecule has 4 aromatic rings. The maximum Gasteiger partial charge on any atom is 0.0500 e. The summed E-state index contributed by atoms with van der Waals surface area (Å²) in [5.74, 6) is 0. The van der Waals surface area contributed by atoms with Crippen LogP contribution in [0.4, 0.5) is 0 Å². The minimum Gasteiger partial charge on any atom is -0.183 e. The second-order valence-electron chi connectivity index (χ2n) is 6.97. The van der Waals surface area contributed by atoms with Gasteiger partial charge >= 0.3 is 0 Å². The first-order valence-electron chi connectivity index (χ1n) is 9.40. The highest BCUT2D eigenvalue weighted by molar-refractivity contribution is 9.00. The average molecular weight is 437 g/mol. The van der Waals surface area contributed by atoms with Crippen LogP contribution in [0.3, 0.4) is 0 Å². The van der Waals surface area contributed by atoms with Gasteiger partial charge in [-0.05, 0) is 38.9 Å². The van der Waals surface area contributed by atoms with Gasteiger partial charge in [0, 0.05) is 15.6 Å². The Bertz CT molecular complexity index is 1130. The molecule has 0 radical (unpaired) electrons. The molecule has 0 aromatic heterocycles. The Morgan fingerprint density at radius 2 is 1.29 bits per heavy atom. The second kappa shape index (κ2) is 8.08. The molecule has 0 spiro atoms. The van der Waals surface area contributed by atoms with Gasteiger partial charge in [0.1, 0.15) is 0 Å². The lowest BCUT2D eigenvalue weighted by Crippen LogP contribution is -2.03. The number of rotatable bonds is 3. The van der Waals surface area contributed by atoms with Crippen LogP contribution in [0.5, 0.6) is 0 Å². The predicted octanol–water partition coefficient (Wildman–Crippen LogP) is 7.94. The van der Waals surface area contributed by atoms with E-state index in [9.17, 15) is 0 Å². The minimum absolute atomic E-state index is 0.398. The van der Waals surface area contributed by atoms with Crippen molar-refractivity contribution in [3.63, 3.8) is 0 Å². The Hall–Kier alpha value is -1.51. The highest BCUT2D eigenvalue weighted by Crippen LogP contribution is 2.84. The van der Waals surface area contributed by atoms with Gasteiger partial charge in [0.2, 0.25) is 0 Å². The fourth-order valence-corrected chi connectivity index (χ4v) is 19.6. The normalized spacial score (nSPS) is 25.7. The summed E-state index contributed by atoms with van der Waals surface area (Å²) in [5.41, 5.74) is 2.85. The van der Waals surface area contributed by atoms with Crippen molar-refractivity contribution in [2.24, 2.45) is 0 Å². The van der Waals surface area contributed by atoms with Crippen LogP contribution in [0, 0.1) is 0 Å². The molecule has 1 aliphatic heterocycles. The van der Waals surface area contributed by atoms with E-state index in [4.69, 9.17) is 11.8 Å². The molecule has 0 aliphatic carbocycles. The highest BCUT2D eigenvalue weighted by Gasteiger charge is 2.40. The maximum atomic E-state index is 6.18. The van der Waals surface area contributed by atoms with Gasteiger partial charge in [-0.15, -0.1) is 11.4 Å². The zero-order valence-electron chi connectivity index (χ0n) is 15.2. The summed E-state index contributed by atoms with van der Waals surface area (Å²) in [5, 5.41) is 2.63. The summed E-state index contributed by atoms with van der Waals surface area (Å²) < 4.78 is 0. The van der Waals surface area contributed by atoms with Gasteiger partial charge < -0.3 is 0 Å². The Morgan fingerprint density at radius 3 is 2.00 bits per heavy atom. The maximum absolute atomic E-state index is 6.18. The van der Waals surface area contributed by atoms with Crippen LogP contribution in [0.25, 0.3) is 10.8 Å². The molecule has 4 atom stereocenters. The summed E-state index contributed by atoms with van der Waals surface area (Å²) in [6.07, 6.45) is 0. The number of thiol groups is 1. The van der Waals surface area contributed by atoms with Gasteiger partial charge in [0.15, 0.2) is 0 Å². The van der Waals surface area contributed by atoms with Crippen molar-refractivity contribution < 1.29 is 0 Å². The van der Waals surface area contributed by atoms with Gasteiger partial charge in [-0.2, -0.15) is 10.5 Å². The fraction of sp³-hybridized carbons (Fsp3) is 0.0833. The lowest BCUT2D eigenvalue weighted by molar-refractivity contribution is 0.912. The minimum atomic E-state index is -0.941. The molecular formula is C24H21PS3. The number of hydrogen-bond acceptors (Lipinski definition) is 2. The van der Waals surface area contributed by atoms with E-state index in [1.54, 1.807) is 0 Å². The van der Waals surface area contributed by atoms with E-state index < -0.39 is 15.6 Å². The largest absolute Gasteiger partial charge is 0.183 e. The van der Waals surface area contributed by atoms with E-state index in [0.717, 1.165) is 0 Å². The number of fused-ring (bicyclic) bond motifs is 1. The molecule has 1 saturated heterocycles.